The fraction of sp³-hybridized carbons (Fsp3) is 0.556. The Morgan fingerprint density at radius 1 is 1.21 bits per heavy atom. The maximum atomic E-state index is 11.1. The molecule has 1 aromatic carbocycles. The van der Waals surface area contributed by atoms with Crippen LogP contribution in [0.1, 0.15) is 49.3 Å². The van der Waals surface area contributed by atoms with Gasteiger partial charge in [0, 0.05) is 19.6 Å². The van der Waals surface area contributed by atoms with Crippen molar-refractivity contribution in [1.29, 1.82) is 0 Å². The van der Waals surface area contributed by atoms with Gasteiger partial charge in [-0.05, 0) is 42.9 Å². The van der Waals surface area contributed by atoms with Crippen molar-refractivity contribution >= 4 is 12.2 Å². The number of alkyl carbamates (subject to hydrolysis) is 1. The second-order valence-electron chi connectivity index (χ2n) is 6.02. The molecule has 2 rings (SSSR count). The summed E-state index contributed by atoms with van der Waals surface area (Å²) in [7, 11) is 0. The molecule has 0 atom stereocenters. The van der Waals surface area contributed by atoms with E-state index in [1.54, 1.807) is 0 Å². The first-order valence-electron chi connectivity index (χ1n) is 8.60. The third-order valence-corrected chi connectivity index (χ3v) is 4.25. The van der Waals surface area contributed by atoms with Gasteiger partial charge < -0.3 is 15.2 Å². The zero-order valence-corrected chi connectivity index (χ0v) is 14.2. The van der Waals surface area contributed by atoms with Gasteiger partial charge in [0.25, 0.3) is 0 Å². The lowest BCUT2D eigenvalue weighted by molar-refractivity contribution is 0.144. The molecule has 6 heteroatoms. The highest BCUT2D eigenvalue weighted by Crippen LogP contribution is 2.27. The lowest BCUT2D eigenvalue weighted by atomic mass is 9.98. The molecule has 0 bridgehead atoms. The number of fused-ring (bicyclic) bond motifs is 1. The topological polar surface area (TPSA) is 78.9 Å². The van der Waals surface area contributed by atoms with Crippen LogP contribution in [0.3, 0.4) is 0 Å². The Morgan fingerprint density at radius 2 is 2.00 bits per heavy atom. The monoisotopic (exact) mass is 334 g/mol. The van der Waals surface area contributed by atoms with Gasteiger partial charge in [-0.15, -0.1) is 0 Å². The van der Waals surface area contributed by atoms with E-state index < -0.39 is 6.09 Å². The average molecular weight is 334 g/mol. The molecular weight excluding hydrogens is 308 g/mol. The number of rotatable bonds is 8. The summed E-state index contributed by atoms with van der Waals surface area (Å²) in [6.45, 7) is 3.90. The summed E-state index contributed by atoms with van der Waals surface area (Å²) in [5.74, 6) is 0. The third kappa shape index (κ3) is 5.15. The molecule has 6 nitrogen and oxygen atoms in total. The zero-order valence-electron chi connectivity index (χ0n) is 14.2. The lowest BCUT2D eigenvalue weighted by Crippen LogP contribution is -2.23. The van der Waals surface area contributed by atoms with Crippen LogP contribution in [-0.4, -0.2) is 35.3 Å². The second kappa shape index (κ2) is 9.15. The van der Waals surface area contributed by atoms with Crippen LogP contribution in [-0.2, 0) is 24.2 Å². The number of carbonyl (C=O) groups excluding carboxylic acids is 1. The largest absolute Gasteiger partial charge is 0.465 e. The SMILES string of the molecule is CCNC(=O)OCCCCCCc1cccc2c1CN(C(=O)O)C2. The molecule has 1 aromatic rings. The number of hydrogen-bond donors (Lipinski definition) is 2. The molecule has 0 spiro atoms. The van der Waals surface area contributed by atoms with Gasteiger partial charge in [0.05, 0.1) is 6.61 Å². The minimum Gasteiger partial charge on any atom is -0.465 e. The van der Waals surface area contributed by atoms with Crippen molar-refractivity contribution in [3.63, 3.8) is 0 Å². The fourth-order valence-corrected chi connectivity index (χ4v) is 2.99. The Balaban J connectivity index is 1.67. The summed E-state index contributed by atoms with van der Waals surface area (Å²) in [6.07, 6.45) is 3.79. The number of unbranched alkanes of at least 4 members (excludes halogenated alkanes) is 3. The van der Waals surface area contributed by atoms with E-state index in [0.717, 1.165) is 37.7 Å². The maximum Gasteiger partial charge on any atom is 0.407 e. The number of carboxylic acid groups (broad SMARTS) is 1. The summed E-state index contributed by atoms with van der Waals surface area (Å²) in [4.78, 5) is 23.7. The Hall–Kier alpha value is -2.24. The van der Waals surface area contributed by atoms with Crippen molar-refractivity contribution < 1.29 is 19.4 Å². The summed E-state index contributed by atoms with van der Waals surface area (Å²) in [5.41, 5.74) is 3.57. The minimum atomic E-state index is -0.857. The fourth-order valence-electron chi connectivity index (χ4n) is 2.99. The van der Waals surface area contributed by atoms with Crippen molar-refractivity contribution in [3.8, 4) is 0 Å². The molecule has 132 valence electrons. The standard InChI is InChI=1S/C18H26N2O4/c1-2-19-17(21)24-11-6-4-3-5-8-14-9-7-10-15-12-20(18(22)23)13-16(14)15/h7,9-10H,2-6,8,11-13H2,1H3,(H,19,21)(H,22,23). The van der Waals surface area contributed by atoms with E-state index in [4.69, 9.17) is 9.84 Å². The molecular formula is C18H26N2O4. The summed E-state index contributed by atoms with van der Waals surface area (Å²) in [6, 6.07) is 6.13. The molecule has 1 aliphatic heterocycles. The number of aryl methyl sites for hydroxylation is 1. The van der Waals surface area contributed by atoms with Crippen LogP contribution in [0.25, 0.3) is 0 Å². The lowest BCUT2D eigenvalue weighted by Gasteiger charge is -2.10. The molecule has 0 unspecified atom stereocenters. The Kier molecular flexibility index (Phi) is 6.90. The molecule has 1 heterocycles. The molecule has 0 radical (unpaired) electrons. The quantitative estimate of drug-likeness (QED) is 0.713. The molecule has 0 saturated heterocycles. The first-order chi connectivity index (χ1) is 11.6. The third-order valence-electron chi connectivity index (χ3n) is 4.25. The molecule has 2 amide bonds. The molecule has 0 fully saturated rings. The van der Waals surface area contributed by atoms with Gasteiger partial charge in [-0.25, -0.2) is 9.59 Å². The van der Waals surface area contributed by atoms with E-state index in [2.05, 4.69) is 11.4 Å². The van der Waals surface area contributed by atoms with Crippen LogP contribution in [0.4, 0.5) is 9.59 Å². The molecule has 0 aliphatic carbocycles. The van der Waals surface area contributed by atoms with Crippen molar-refractivity contribution in [1.82, 2.24) is 10.2 Å². The predicted molar refractivity (Wildman–Crippen MR) is 90.9 cm³/mol. The van der Waals surface area contributed by atoms with E-state index in [0.29, 0.717) is 26.2 Å². The van der Waals surface area contributed by atoms with Crippen LogP contribution in [0, 0.1) is 0 Å². The van der Waals surface area contributed by atoms with Crippen molar-refractivity contribution in [2.75, 3.05) is 13.2 Å². The number of ether oxygens (including phenoxy) is 1. The van der Waals surface area contributed by atoms with Gasteiger partial charge in [-0.1, -0.05) is 31.0 Å². The Morgan fingerprint density at radius 3 is 2.75 bits per heavy atom. The highest BCUT2D eigenvalue weighted by atomic mass is 16.5. The van der Waals surface area contributed by atoms with Gasteiger partial charge in [-0.3, -0.25) is 4.90 Å². The van der Waals surface area contributed by atoms with Crippen molar-refractivity contribution in [2.45, 2.75) is 52.1 Å². The van der Waals surface area contributed by atoms with E-state index >= 15 is 0 Å². The Bertz CT molecular complexity index is 574. The molecule has 24 heavy (non-hydrogen) atoms. The van der Waals surface area contributed by atoms with E-state index in [1.807, 2.05) is 19.1 Å². The summed E-state index contributed by atoms with van der Waals surface area (Å²) >= 11 is 0. The van der Waals surface area contributed by atoms with Gasteiger partial charge >= 0.3 is 12.2 Å². The number of amides is 2. The summed E-state index contributed by atoms with van der Waals surface area (Å²) in [5, 5.41) is 11.7. The van der Waals surface area contributed by atoms with Crippen LogP contribution < -0.4 is 5.32 Å². The smallest absolute Gasteiger partial charge is 0.407 e. The molecule has 2 N–H and O–H groups in total. The van der Waals surface area contributed by atoms with Crippen LogP contribution in [0.15, 0.2) is 18.2 Å². The maximum absolute atomic E-state index is 11.1. The van der Waals surface area contributed by atoms with E-state index in [1.165, 1.54) is 16.0 Å². The molecule has 1 aliphatic rings. The highest BCUT2D eigenvalue weighted by Gasteiger charge is 2.24. The van der Waals surface area contributed by atoms with Gasteiger partial charge in [0.2, 0.25) is 0 Å². The van der Waals surface area contributed by atoms with Gasteiger partial charge in [0.15, 0.2) is 0 Å². The van der Waals surface area contributed by atoms with Crippen LogP contribution in [0.5, 0.6) is 0 Å². The molecule has 0 saturated carbocycles. The number of carbonyl (C=O) groups is 2. The number of hydrogen-bond acceptors (Lipinski definition) is 3. The zero-order chi connectivity index (χ0) is 17.4. The van der Waals surface area contributed by atoms with Gasteiger partial charge in [0.1, 0.15) is 0 Å². The van der Waals surface area contributed by atoms with Crippen LogP contribution >= 0.6 is 0 Å². The normalized spacial score (nSPS) is 12.8. The Labute approximate surface area is 142 Å². The van der Waals surface area contributed by atoms with Crippen molar-refractivity contribution in [2.24, 2.45) is 0 Å². The number of nitrogens with one attached hydrogen (secondary N) is 1. The predicted octanol–water partition coefficient (Wildman–Crippen LogP) is 3.53. The first-order valence-corrected chi connectivity index (χ1v) is 8.60. The van der Waals surface area contributed by atoms with Crippen molar-refractivity contribution in [3.05, 3.63) is 34.9 Å². The minimum absolute atomic E-state index is 0.347. The van der Waals surface area contributed by atoms with Gasteiger partial charge in [-0.2, -0.15) is 0 Å². The van der Waals surface area contributed by atoms with Crippen LogP contribution in [0.2, 0.25) is 0 Å². The number of benzene rings is 1. The molecule has 0 aromatic heterocycles. The van der Waals surface area contributed by atoms with E-state index in [9.17, 15) is 9.59 Å². The van der Waals surface area contributed by atoms with E-state index in [-0.39, 0.29) is 6.09 Å². The average Bonchev–Trinajstić information content (AvgIpc) is 2.99. The second-order valence-corrected chi connectivity index (χ2v) is 6.02. The summed E-state index contributed by atoms with van der Waals surface area (Å²) < 4.78 is 5.03. The number of nitrogens with zero attached hydrogens (tertiary/aromatic N) is 1. The highest BCUT2D eigenvalue weighted by molar-refractivity contribution is 5.67. The first kappa shape index (κ1) is 18.1.